The van der Waals surface area contributed by atoms with Crippen LogP contribution in [0.1, 0.15) is 126 Å². The van der Waals surface area contributed by atoms with Crippen molar-refractivity contribution in [1.29, 1.82) is 0 Å². The standard InChI is InChI=1S/C26H26N4O2.C25H26N4O2.C24H25N5O3.C22H22N4O2/c1-16-14-30-15-23(28-25(30)17(2)27-16)24-13-20-7-6-19(12-22(20)26(31)32-24)18-8-10-29(11-9-18)21-4-3-5-21;1-4-9-28-10-7-18(8-11-28)19-5-6-20-13-23(31-25(30)21(20)12-19)22-15-29-14-16(2)26-17(3)24(29)27-22;1-15-11-29-12-21(26-23(29)16(2)25-15)22-9-17-3-4-18(10-20(17)24(30)32-22)27-5-7-28(8-6-27)19-13-31-14-19;1-13-11-26-12-19(25-21(26)14(2)24-13)20-10-17-4-3-16(9-18(17)22(27)28-20)15-5-7-23-8-6-15/h6-8,12-15,21H,3-5,9-11H2,1-2H3;5-7,12-15H,4,8-11H2,1-3H3;3-4,9-12,19H,5-8,13-14H2,1-2H3;3-4,9-12,15,23H,5-8H2,1-2H3. The first kappa shape index (κ1) is 80.0. The van der Waals surface area contributed by atoms with E-state index < -0.39 is 0 Å². The predicted octanol–water partition coefficient (Wildman–Crippen LogP) is 15.6. The highest BCUT2D eigenvalue weighted by Crippen LogP contribution is 2.36. The molecule has 0 unspecified atom stereocenters. The fourth-order valence-corrected chi connectivity index (χ4v) is 18.2. The number of aromatic nitrogens is 12. The van der Waals surface area contributed by atoms with E-state index in [0.717, 1.165) is 223 Å². The Labute approximate surface area is 708 Å². The highest BCUT2D eigenvalue weighted by Gasteiger charge is 2.31. The third-order valence-corrected chi connectivity index (χ3v) is 25.0. The van der Waals surface area contributed by atoms with E-state index in [1.807, 2.05) is 195 Å². The van der Waals surface area contributed by atoms with Crippen LogP contribution in [0.3, 0.4) is 0 Å². The van der Waals surface area contributed by atoms with Crippen molar-refractivity contribution in [3.8, 4) is 45.8 Å². The highest BCUT2D eigenvalue weighted by molar-refractivity contribution is 5.91. The van der Waals surface area contributed by atoms with Crippen molar-refractivity contribution in [2.45, 2.75) is 132 Å². The van der Waals surface area contributed by atoms with Crippen LogP contribution in [0.25, 0.3) is 123 Å². The molecule has 1 saturated carbocycles. The van der Waals surface area contributed by atoms with Gasteiger partial charge in [0.05, 0.1) is 86.4 Å². The van der Waals surface area contributed by atoms with Crippen LogP contribution in [0, 0.1) is 55.4 Å². The molecule has 1 aliphatic carbocycles. The minimum absolute atomic E-state index is 0.314. The van der Waals surface area contributed by atoms with Crippen LogP contribution in [0.4, 0.5) is 5.69 Å². The minimum Gasteiger partial charge on any atom is -0.421 e. The van der Waals surface area contributed by atoms with E-state index in [2.05, 4.69) is 108 Å². The smallest absolute Gasteiger partial charge is 0.344 e. The van der Waals surface area contributed by atoms with Gasteiger partial charge in [-0.15, -0.1) is 0 Å². The summed E-state index contributed by atoms with van der Waals surface area (Å²) in [5.41, 5.74) is 18.4. The summed E-state index contributed by atoms with van der Waals surface area (Å²) >= 11 is 0. The fraction of sp³-hybridized carbons (Fsp3) is 0.340. The summed E-state index contributed by atoms with van der Waals surface area (Å²) in [6, 6.07) is 33.4. The molecule has 12 aromatic heterocycles. The molecule has 26 nitrogen and oxygen atoms in total. The van der Waals surface area contributed by atoms with Gasteiger partial charge in [-0.25, -0.2) is 39.1 Å². The van der Waals surface area contributed by atoms with Gasteiger partial charge >= 0.3 is 22.5 Å². The zero-order valence-electron chi connectivity index (χ0n) is 70.9. The summed E-state index contributed by atoms with van der Waals surface area (Å²) in [5.74, 6) is 2.39. The summed E-state index contributed by atoms with van der Waals surface area (Å²) in [4.78, 5) is 97.6. The Kier molecular flexibility index (Phi) is 21.9. The van der Waals surface area contributed by atoms with Crippen LogP contribution >= 0.6 is 0 Å². The molecule has 0 bridgehead atoms. The van der Waals surface area contributed by atoms with Crippen molar-refractivity contribution < 1.29 is 22.4 Å². The molecule has 0 amide bonds. The molecule has 22 rings (SSSR count). The number of ether oxygens (including phenoxy) is 1. The lowest BCUT2D eigenvalue weighted by Gasteiger charge is -2.43. The molecule has 4 aromatic carbocycles. The second-order valence-electron chi connectivity index (χ2n) is 33.7. The number of rotatable bonds is 12. The largest absolute Gasteiger partial charge is 0.421 e. The van der Waals surface area contributed by atoms with Crippen LogP contribution in [0.5, 0.6) is 0 Å². The van der Waals surface area contributed by atoms with E-state index in [9.17, 15) is 19.2 Å². The van der Waals surface area contributed by atoms with Gasteiger partial charge in [0, 0.05) is 114 Å². The Morgan fingerprint density at radius 2 is 0.805 bits per heavy atom. The number of anilines is 1. The first-order valence-electron chi connectivity index (χ1n) is 43.0. The number of aryl methyl sites for hydroxylation is 8. The second-order valence-corrected chi connectivity index (χ2v) is 33.7. The molecule has 3 saturated heterocycles. The van der Waals surface area contributed by atoms with Crippen molar-refractivity contribution in [3.05, 3.63) is 263 Å². The number of fused-ring (bicyclic) bond motifs is 8. The van der Waals surface area contributed by atoms with Gasteiger partial charge in [0.2, 0.25) is 0 Å². The Bertz CT molecular complexity index is 7140. The molecule has 26 heteroatoms. The van der Waals surface area contributed by atoms with Gasteiger partial charge in [0.1, 0.15) is 22.8 Å². The van der Waals surface area contributed by atoms with Crippen molar-refractivity contribution in [2.24, 2.45) is 0 Å². The molecule has 626 valence electrons. The maximum Gasteiger partial charge on any atom is 0.344 e. The summed E-state index contributed by atoms with van der Waals surface area (Å²) in [5, 5.41) is 9.31. The number of nitrogens with zero attached hydrogens (tertiary/aromatic N) is 16. The third kappa shape index (κ3) is 16.5. The first-order valence-corrected chi connectivity index (χ1v) is 43.0. The molecule has 0 radical (unpaired) electrons. The molecule has 16 aromatic rings. The zero-order valence-corrected chi connectivity index (χ0v) is 70.9. The van der Waals surface area contributed by atoms with E-state index in [0.29, 0.717) is 79.3 Å². The average Bonchev–Trinajstić information content (AvgIpc) is 1.75. The number of hydrogen-bond acceptors (Lipinski definition) is 22. The SMILES string of the molecule is CCCN1CC=C(c2ccc3cc(-c4cn5cc(C)nc(C)c5n4)oc(=O)c3c2)CC1.Cc1cn2cc(-c3cc4ccc(C5=CCN(C6CCC6)CC5)cc4c(=O)o3)nc2c(C)n1.Cc1cn2cc(-c3cc4ccc(C5CCNCC5)cc4c(=O)o3)nc2c(C)n1.Cc1cn2cc(-c3cc4ccc(N5CCN(C6COC6)CC5)cc4c(=O)o3)nc2c(C)n1. The fourth-order valence-electron chi connectivity index (χ4n) is 18.2. The van der Waals surface area contributed by atoms with Gasteiger partial charge in [-0.3, -0.25) is 34.6 Å². The Hall–Kier alpha value is -12.7. The molecular weight excluding hydrogens is 1550 g/mol. The molecule has 0 spiro atoms. The monoisotopic (exact) mass is 1650 g/mol. The minimum atomic E-state index is -0.340. The topological polar surface area (TPSA) is 276 Å². The molecular formula is C97H99N17O9. The lowest BCUT2D eigenvalue weighted by atomic mass is 9.89. The molecule has 0 atom stereocenters. The number of piperazine rings is 1. The highest BCUT2D eigenvalue weighted by atomic mass is 16.5. The molecule has 6 aliphatic rings. The number of imidazole rings is 4. The van der Waals surface area contributed by atoms with E-state index in [1.54, 1.807) is 0 Å². The predicted molar refractivity (Wildman–Crippen MR) is 480 cm³/mol. The normalized spacial score (nSPS) is 16.5. The van der Waals surface area contributed by atoms with Gasteiger partial charge in [-0.05, 0) is 230 Å². The summed E-state index contributed by atoms with van der Waals surface area (Å²) in [6.45, 7) is 30.7. The summed E-state index contributed by atoms with van der Waals surface area (Å²) in [7, 11) is 0. The zero-order chi connectivity index (χ0) is 84.4. The Balaban J connectivity index is 0.000000108. The van der Waals surface area contributed by atoms with E-state index in [4.69, 9.17) is 22.4 Å². The van der Waals surface area contributed by atoms with Crippen LogP contribution in [-0.4, -0.2) is 169 Å². The molecule has 123 heavy (non-hydrogen) atoms. The maximum atomic E-state index is 12.9. The van der Waals surface area contributed by atoms with Crippen molar-refractivity contribution in [3.63, 3.8) is 0 Å². The van der Waals surface area contributed by atoms with Crippen LogP contribution in [-0.2, 0) is 4.74 Å². The third-order valence-electron chi connectivity index (χ3n) is 25.0. The summed E-state index contributed by atoms with van der Waals surface area (Å²) < 4.78 is 35.8. The lowest BCUT2D eigenvalue weighted by molar-refractivity contribution is -0.0660. The quantitative estimate of drug-likeness (QED) is 0.119. The average molecular weight is 1650 g/mol. The van der Waals surface area contributed by atoms with Crippen molar-refractivity contribution in [2.75, 3.05) is 90.1 Å². The van der Waals surface area contributed by atoms with Crippen LogP contribution < -0.4 is 32.7 Å². The molecule has 5 aliphatic heterocycles. The molecule has 4 fully saturated rings. The first-order chi connectivity index (χ1) is 59.7. The lowest BCUT2D eigenvalue weighted by Crippen LogP contribution is -2.56. The van der Waals surface area contributed by atoms with Crippen molar-refractivity contribution in [1.82, 2.24) is 77.5 Å². The van der Waals surface area contributed by atoms with E-state index >= 15 is 0 Å². The van der Waals surface area contributed by atoms with Gasteiger partial charge in [0.15, 0.2) is 45.6 Å². The van der Waals surface area contributed by atoms with Crippen LogP contribution in [0.15, 0.2) is 196 Å². The van der Waals surface area contributed by atoms with E-state index in [1.165, 1.54) is 42.4 Å². The number of nitrogens with one attached hydrogen (secondary N) is 1. The number of piperidine rings is 1. The van der Waals surface area contributed by atoms with Gasteiger partial charge in [-0.2, -0.15) is 0 Å². The maximum absolute atomic E-state index is 12.9. The number of hydrogen-bond donors (Lipinski definition) is 1. The second kappa shape index (κ2) is 33.6. The Morgan fingerprint density at radius 3 is 1.19 bits per heavy atom. The van der Waals surface area contributed by atoms with Gasteiger partial charge in [0.25, 0.3) is 0 Å². The van der Waals surface area contributed by atoms with Gasteiger partial charge < -0.3 is 50.2 Å². The Morgan fingerprint density at radius 1 is 0.398 bits per heavy atom. The van der Waals surface area contributed by atoms with Gasteiger partial charge in [-0.1, -0.05) is 68.0 Å². The molecule has 17 heterocycles. The van der Waals surface area contributed by atoms with Crippen molar-refractivity contribution >= 4 is 82.5 Å². The van der Waals surface area contributed by atoms with E-state index in [-0.39, 0.29) is 22.5 Å². The summed E-state index contributed by atoms with van der Waals surface area (Å²) in [6.07, 6.45) is 29.3. The number of benzene rings is 4. The van der Waals surface area contributed by atoms with Crippen LogP contribution in [0.2, 0.25) is 0 Å². The molecule has 1 N–H and O–H groups in total.